The predicted octanol–water partition coefficient (Wildman–Crippen LogP) is 3.41. The number of rotatable bonds is 2. The summed E-state index contributed by atoms with van der Waals surface area (Å²) in [6.45, 7) is 4.43. The zero-order valence-corrected chi connectivity index (χ0v) is 10.7. The number of carbonyl (C=O) groups excluding carboxylic acids is 1. The van der Waals surface area contributed by atoms with E-state index < -0.39 is 0 Å². The highest BCUT2D eigenvalue weighted by molar-refractivity contribution is 5.87. The van der Waals surface area contributed by atoms with Crippen LogP contribution in [0.1, 0.15) is 37.8 Å². The van der Waals surface area contributed by atoms with Gasteiger partial charge in [-0.05, 0) is 42.2 Å². The third-order valence-corrected chi connectivity index (χ3v) is 4.61. The van der Waals surface area contributed by atoms with Crippen molar-refractivity contribution in [3.8, 4) is 0 Å². The maximum Gasteiger partial charge on any atom is 0.139 e. The van der Waals surface area contributed by atoms with Gasteiger partial charge in [-0.3, -0.25) is 4.79 Å². The Balaban J connectivity index is 1.74. The topological polar surface area (TPSA) is 17.1 Å². The molecule has 1 saturated carbocycles. The zero-order chi connectivity index (χ0) is 12.0. The van der Waals surface area contributed by atoms with Gasteiger partial charge in [-0.1, -0.05) is 38.1 Å². The van der Waals surface area contributed by atoms with Gasteiger partial charge in [0.05, 0.1) is 0 Å². The van der Waals surface area contributed by atoms with E-state index in [1.54, 1.807) is 0 Å². The lowest BCUT2D eigenvalue weighted by atomic mass is 9.80. The van der Waals surface area contributed by atoms with Gasteiger partial charge >= 0.3 is 0 Å². The zero-order valence-electron chi connectivity index (χ0n) is 10.7. The first-order valence-corrected chi connectivity index (χ1v) is 6.68. The van der Waals surface area contributed by atoms with E-state index >= 15 is 0 Å². The SMILES string of the molecule is CC1(C)CC1C(=O)C1CCc2ccccc2C1. The molecule has 0 amide bonds. The molecule has 2 atom stereocenters. The second-order valence-corrected chi connectivity index (χ2v) is 6.36. The molecule has 3 rings (SSSR count). The first-order chi connectivity index (χ1) is 8.08. The average Bonchev–Trinajstić information content (AvgIpc) is 2.97. The molecule has 1 fully saturated rings. The summed E-state index contributed by atoms with van der Waals surface area (Å²) in [4.78, 5) is 12.4. The molecule has 0 saturated heterocycles. The van der Waals surface area contributed by atoms with Gasteiger partial charge < -0.3 is 0 Å². The summed E-state index contributed by atoms with van der Waals surface area (Å²) >= 11 is 0. The molecule has 2 unspecified atom stereocenters. The van der Waals surface area contributed by atoms with E-state index in [-0.39, 0.29) is 11.3 Å². The van der Waals surface area contributed by atoms with E-state index in [1.165, 1.54) is 11.1 Å². The third kappa shape index (κ3) is 1.92. The number of hydrogen-bond acceptors (Lipinski definition) is 1. The van der Waals surface area contributed by atoms with Gasteiger partial charge in [-0.2, -0.15) is 0 Å². The second-order valence-electron chi connectivity index (χ2n) is 6.36. The quantitative estimate of drug-likeness (QED) is 0.758. The Kier molecular flexibility index (Phi) is 2.39. The van der Waals surface area contributed by atoms with Crippen molar-refractivity contribution in [1.29, 1.82) is 0 Å². The second kappa shape index (κ2) is 3.69. The molecule has 0 spiro atoms. The average molecular weight is 228 g/mol. The van der Waals surface area contributed by atoms with Gasteiger partial charge in [-0.15, -0.1) is 0 Å². The molecule has 0 heterocycles. The van der Waals surface area contributed by atoms with Crippen LogP contribution in [0.4, 0.5) is 0 Å². The molecule has 1 nitrogen and oxygen atoms in total. The van der Waals surface area contributed by atoms with Crippen molar-refractivity contribution >= 4 is 5.78 Å². The van der Waals surface area contributed by atoms with E-state index in [0.717, 1.165) is 25.7 Å². The third-order valence-electron chi connectivity index (χ3n) is 4.61. The van der Waals surface area contributed by atoms with E-state index in [2.05, 4.69) is 38.1 Å². The van der Waals surface area contributed by atoms with Crippen molar-refractivity contribution in [2.24, 2.45) is 17.3 Å². The summed E-state index contributed by atoms with van der Waals surface area (Å²) in [6.07, 6.45) is 4.22. The Hall–Kier alpha value is -1.11. The van der Waals surface area contributed by atoms with E-state index in [0.29, 0.717) is 11.7 Å². The number of benzene rings is 1. The number of ketones is 1. The van der Waals surface area contributed by atoms with Crippen LogP contribution in [0.25, 0.3) is 0 Å². The van der Waals surface area contributed by atoms with Crippen molar-refractivity contribution in [1.82, 2.24) is 0 Å². The van der Waals surface area contributed by atoms with Crippen molar-refractivity contribution in [3.05, 3.63) is 35.4 Å². The molecule has 0 N–H and O–H groups in total. The first-order valence-electron chi connectivity index (χ1n) is 6.68. The van der Waals surface area contributed by atoms with Gasteiger partial charge in [0, 0.05) is 11.8 Å². The smallest absolute Gasteiger partial charge is 0.139 e. The van der Waals surface area contributed by atoms with Crippen LogP contribution in [0.3, 0.4) is 0 Å². The highest BCUT2D eigenvalue weighted by atomic mass is 16.1. The van der Waals surface area contributed by atoms with Crippen LogP contribution in [0.5, 0.6) is 0 Å². The summed E-state index contributed by atoms with van der Waals surface area (Å²) < 4.78 is 0. The molecule has 0 aliphatic heterocycles. The Morgan fingerprint density at radius 1 is 1.24 bits per heavy atom. The summed E-state index contributed by atoms with van der Waals surface area (Å²) in [7, 11) is 0. The minimum atomic E-state index is 0.286. The summed E-state index contributed by atoms with van der Waals surface area (Å²) in [6, 6.07) is 8.58. The van der Waals surface area contributed by atoms with Crippen LogP contribution in [0.15, 0.2) is 24.3 Å². The van der Waals surface area contributed by atoms with Crippen molar-refractivity contribution < 1.29 is 4.79 Å². The fourth-order valence-corrected chi connectivity index (χ4v) is 3.18. The molecule has 2 aliphatic carbocycles. The Morgan fingerprint density at radius 2 is 1.88 bits per heavy atom. The Labute approximate surface area is 103 Å². The summed E-state index contributed by atoms with van der Waals surface area (Å²) in [5, 5.41) is 0. The standard InChI is InChI=1S/C16H20O/c1-16(2)10-14(16)15(17)13-8-7-11-5-3-4-6-12(11)9-13/h3-6,13-14H,7-10H2,1-2H3. The molecule has 2 aliphatic rings. The highest BCUT2D eigenvalue weighted by Crippen LogP contribution is 2.53. The van der Waals surface area contributed by atoms with Gasteiger partial charge in [-0.25, -0.2) is 0 Å². The van der Waals surface area contributed by atoms with Crippen molar-refractivity contribution in [2.75, 3.05) is 0 Å². The van der Waals surface area contributed by atoms with E-state index in [1.807, 2.05) is 0 Å². The fourth-order valence-electron chi connectivity index (χ4n) is 3.18. The minimum absolute atomic E-state index is 0.286. The molecule has 0 aromatic heterocycles. The van der Waals surface area contributed by atoms with E-state index in [9.17, 15) is 4.79 Å². The molecular weight excluding hydrogens is 208 g/mol. The summed E-state index contributed by atoms with van der Waals surface area (Å²) in [5.41, 5.74) is 3.13. The monoisotopic (exact) mass is 228 g/mol. The van der Waals surface area contributed by atoms with Crippen LogP contribution in [0.2, 0.25) is 0 Å². The normalized spacial score (nSPS) is 29.5. The van der Waals surface area contributed by atoms with Crippen LogP contribution in [-0.4, -0.2) is 5.78 Å². The summed E-state index contributed by atoms with van der Waals surface area (Å²) in [5.74, 6) is 1.17. The Bertz CT molecular complexity index is 458. The number of hydrogen-bond donors (Lipinski definition) is 0. The minimum Gasteiger partial charge on any atom is -0.299 e. The molecule has 1 heteroatoms. The fraction of sp³-hybridized carbons (Fsp3) is 0.562. The van der Waals surface area contributed by atoms with Crippen LogP contribution in [-0.2, 0) is 17.6 Å². The van der Waals surface area contributed by atoms with Gasteiger partial charge in [0.25, 0.3) is 0 Å². The maximum absolute atomic E-state index is 12.4. The van der Waals surface area contributed by atoms with Gasteiger partial charge in [0.2, 0.25) is 0 Å². The molecule has 0 bridgehead atoms. The number of carbonyl (C=O) groups is 1. The molecule has 90 valence electrons. The number of Topliss-reactive ketones (excluding diaryl/α,β-unsaturated/α-hetero) is 1. The lowest BCUT2D eigenvalue weighted by Gasteiger charge is -2.24. The Morgan fingerprint density at radius 3 is 2.53 bits per heavy atom. The largest absolute Gasteiger partial charge is 0.299 e. The predicted molar refractivity (Wildman–Crippen MR) is 68.9 cm³/mol. The number of aryl methyl sites for hydroxylation is 1. The molecule has 1 aromatic rings. The van der Waals surface area contributed by atoms with Crippen LogP contribution < -0.4 is 0 Å². The lowest BCUT2D eigenvalue weighted by Crippen LogP contribution is -2.25. The molecular formula is C16H20O. The molecule has 0 radical (unpaired) electrons. The van der Waals surface area contributed by atoms with Crippen LogP contribution in [0, 0.1) is 17.3 Å². The van der Waals surface area contributed by atoms with E-state index in [4.69, 9.17) is 0 Å². The van der Waals surface area contributed by atoms with Crippen LogP contribution >= 0.6 is 0 Å². The molecule has 17 heavy (non-hydrogen) atoms. The van der Waals surface area contributed by atoms with Gasteiger partial charge in [0.1, 0.15) is 5.78 Å². The highest BCUT2D eigenvalue weighted by Gasteiger charge is 2.51. The molecule has 1 aromatic carbocycles. The van der Waals surface area contributed by atoms with Gasteiger partial charge in [0.15, 0.2) is 0 Å². The number of fused-ring (bicyclic) bond motifs is 1. The lowest BCUT2D eigenvalue weighted by molar-refractivity contribution is -0.125. The van der Waals surface area contributed by atoms with Crippen molar-refractivity contribution in [2.45, 2.75) is 39.5 Å². The van der Waals surface area contributed by atoms with Crippen molar-refractivity contribution in [3.63, 3.8) is 0 Å². The first kappa shape index (κ1) is 11.0. The maximum atomic E-state index is 12.4.